The lowest BCUT2D eigenvalue weighted by Gasteiger charge is -2.16. The average Bonchev–Trinajstić information content (AvgIpc) is 4.08. The van der Waals surface area contributed by atoms with Gasteiger partial charge in [0.05, 0.1) is 12.4 Å². The highest BCUT2D eigenvalue weighted by Gasteiger charge is 2.34. The van der Waals surface area contributed by atoms with Crippen molar-refractivity contribution < 1.29 is 10.0 Å². The molecule has 10 rings (SSSR count). The molecule has 2 aliphatic rings. The number of hydrogen-bond donors (Lipinski definition) is 4. The van der Waals surface area contributed by atoms with Crippen LogP contribution in [0.4, 0.5) is 0 Å². The van der Waals surface area contributed by atoms with Crippen LogP contribution in [0.2, 0.25) is 0 Å². The van der Waals surface area contributed by atoms with E-state index in [4.69, 9.17) is 15.1 Å². The Bertz CT molecular complexity index is 2830. The number of hydrogen-bond acceptors (Lipinski definition) is 12. The third-order valence-corrected chi connectivity index (χ3v) is 12.0. The van der Waals surface area contributed by atoms with E-state index in [1.54, 1.807) is 52.1 Å². The quantitative estimate of drug-likeness (QED) is 0.127. The number of imidazole rings is 2. The van der Waals surface area contributed by atoms with Crippen LogP contribution in [0, 0.1) is 15.7 Å². The summed E-state index contributed by atoms with van der Waals surface area (Å²) >= 11 is 2.10. The fourth-order valence-electron chi connectivity index (χ4n) is 8.14. The first-order chi connectivity index (χ1) is 30.1. The zero-order chi connectivity index (χ0) is 43.2. The van der Waals surface area contributed by atoms with Crippen molar-refractivity contribution in [2.45, 2.75) is 38.8 Å². The summed E-state index contributed by atoms with van der Waals surface area (Å²) in [6.45, 7) is 10.0. The first-order valence-corrected chi connectivity index (χ1v) is 21.5. The van der Waals surface area contributed by atoms with E-state index >= 15 is 0 Å². The fourth-order valence-corrected chi connectivity index (χ4v) is 8.65. The van der Waals surface area contributed by atoms with E-state index in [1.807, 2.05) is 24.3 Å². The maximum absolute atomic E-state index is 12.7. The van der Waals surface area contributed by atoms with Gasteiger partial charge in [-0.05, 0) is 41.2 Å². The van der Waals surface area contributed by atoms with E-state index in [1.165, 1.54) is 17.3 Å². The smallest absolute Gasteiger partial charge is 0.423 e. The molecule has 4 atom stereocenters. The summed E-state index contributed by atoms with van der Waals surface area (Å²) in [7, 11) is -1.40. The predicted octanol–water partition coefficient (Wildman–Crippen LogP) is 3.73. The maximum atomic E-state index is 12.7. The molecule has 0 amide bonds. The summed E-state index contributed by atoms with van der Waals surface area (Å²) < 4.78 is 4.00. The van der Waals surface area contributed by atoms with Crippen LogP contribution in [-0.4, -0.2) is 102 Å². The van der Waals surface area contributed by atoms with Crippen LogP contribution in [0.3, 0.4) is 0 Å². The third-order valence-electron chi connectivity index (χ3n) is 11.3. The molecule has 62 heavy (non-hydrogen) atoms. The number of nitrogens with zero attached hydrogens (tertiary/aromatic N) is 10. The van der Waals surface area contributed by atoms with Gasteiger partial charge in [0.15, 0.2) is 20.7 Å². The molecular formula is C44H46BIN12O4. The van der Waals surface area contributed by atoms with Crippen molar-refractivity contribution in [3.05, 3.63) is 169 Å². The first-order valence-electron chi connectivity index (χ1n) is 20.4. The van der Waals surface area contributed by atoms with Gasteiger partial charge in [0.1, 0.15) is 11.6 Å². The molecule has 4 unspecified atom stereocenters. The number of pyridine rings is 2. The monoisotopic (exact) mass is 944 g/mol. The second kappa shape index (κ2) is 19.4. The molecule has 0 radical (unpaired) electrons. The molecule has 2 saturated heterocycles. The number of aromatic amines is 2. The zero-order valence-electron chi connectivity index (χ0n) is 34.2. The Morgan fingerprint density at radius 1 is 0.645 bits per heavy atom. The zero-order valence-corrected chi connectivity index (χ0v) is 36.4. The van der Waals surface area contributed by atoms with Gasteiger partial charge in [-0.1, -0.05) is 80.6 Å². The fraction of sp³-hybridized carbons (Fsp3) is 0.273. The molecule has 0 aliphatic carbocycles. The summed E-state index contributed by atoms with van der Waals surface area (Å²) in [5.74, 6) is 3.33. The Morgan fingerprint density at radius 2 is 1.16 bits per heavy atom. The minimum Gasteiger partial charge on any atom is -0.423 e. The van der Waals surface area contributed by atoms with E-state index in [0.717, 1.165) is 50.7 Å². The van der Waals surface area contributed by atoms with Crippen molar-refractivity contribution in [3.63, 3.8) is 0 Å². The van der Waals surface area contributed by atoms with Crippen molar-refractivity contribution in [1.29, 1.82) is 0 Å². The summed E-state index contributed by atoms with van der Waals surface area (Å²) in [5.41, 5.74) is 4.51. The highest BCUT2D eigenvalue weighted by atomic mass is 127. The lowest BCUT2D eigenvalue weighted by atomic mass is 9.82. The van der Waals surface area contributed by atoms with Crippen LogP contribution in [0.15, 0.2) is 132 Å². The molecule has 0 spiro atoms. The van der Waals surface area contributed by atoms with E-state index in [0.29, 0.717) is 43.8 Å². The molecule has 6 aromatic heterocycles. The highest BCUT2D eigenvalue weighted by molar-refractivity contribution is 14.1. The number of benzene rings is 2. The van der Waals surface area contributed by atoms with Gasteiger partial charge in [0.2, 0.25) is 0 Å². The maximum Gasteiger partial charge on any atom is 0.490 e. The van der Waals surface area contributed by atoms with Crippen LogP contribution >= 0.6 is 22.6 Å². The number of fused-ring (bicyclic) bond motifs is 2. The molecule has 2 aliphatic heterocycles. The van der Waals surface area contributed by atoms with Gasteiger partial charge >= 0.3 is 7.12 Å². The third kappa shape index (κ3) is 9.89. The number of halogens is 1. The van der Waals surface area contributed by atoms with Gasteiger partial charge in [0.25, 0.3) is 11.1 Å². The lowest BCUT2D eigenvalue weighted by molar-refractivity contribution is 0.318. The van der Waals surface area contributed by atoms with Crippen LogP contribution in [0.1, 0.15) is 48.5 Å². The van der Waals surface area contributed by atoms with E-state index in [-0.39, 0.29) is 23.0 Å². The van der Waals surface area contributed by atoms with Crippen molar-refractivity contribution in [3.8, 4) is 11.4 Å². The average molecular weight is 945 g/mol. The van der Waals surface area contributed by atoms with Gasteiger partial charge in [-0.15, -0.1) is 0 Å². The van der Waals surface area contributed by atoms with Gasteiger partial charge in [-0.3, -0.25) is 29.4 Å². The van der Waals surface area contributed by atoms with Gasteiger partial charge in [-0.25, -0.2) is 19.0 Å². The SMILES string of the molecule is CC1CN(Cc2ccccc2)CC1c1nn2c(-c3cccnc3)ncc2c(=O)[nH]1.CC1CN(Cc2ccccc2)CC1c1nn2c(I)ncc2c(=O)[nH]1.OB(O)c1cccnc1. The predicted molar refractivity (Wildman–Crippen MR) is 244 cm³/mol. The molecule has 316 valence electrons. The van der Waals surface area contributed by atoms with Crippen LogP contribution in [0.5, 0.6) is 0 Å². The number of H-pyrrole nitrogens is 2. The second-order valence-corrected chi connectivity index (χ2v) is 16.8. The summed E-state index contributed by atoms with van der Waals surface area (Å²) in [6.07, 6.45) is 9.56. The standard InChI is InChI=1S/C22H22N6O.C17H18IN5O.C5H6BNO2/c1-15-12-27(13-16-6-3-2-4-7-16)14-18(15)20-25-22(29)19-11-24-21(28(19)26-20)17-8-5-9-23-10-17;1-11-8-22(9-12-5-3-2-4-6-12)10-13(11)15-20-16(24)14-7-19-17(18)23(14)21-15;8-6(9)5-2-1-3-7-4-5/h2-11,15,18H,12-14H2,1H3,(H,25,26,29);2-7,11,13H,8-10H2,1H3,(H,20,21,24);1-4,8-9H. The molecule has 4 N–H and O–H groups in total. The molecule has 8 aromatic rings. The van der Waals surface area contributed by atoms with Crippen molar-refractivity contribution in [2.75, 3.05) is 26.2 Å². The molecule has 8 heterocycles. The van der Waals surface area contributed by atoms with Crippen LogP contribution < -0.4 is 16.6 Å². The Hall–Kier alpha value is -5.93. The Balaban J connectivity index is 0.000000144. The van der Waals surface area contributed by atoms with Gasteiger partial charge in [0, 0.05) is 110 Å². The van der Waals surface area contributed by atoms with Crippen LogP contribution in [-0.2, 0) is 13.1 Å². The topological polar surface area (TPSA) is 199 Å². The Labute approximate surface area is 371 Å². The summed E-state index contributed by atoms with van der Waals surface area (Å²) in [4.78, 5) is 52.2. The lowest BCUT2D eigenvalue weighted by Crippen LogP contribution is -2.29. The van der Waals surface area contributed by atoms with E-state index < -0.39 is 7.12 Å². The number of rotatable bonds is 8. The van der Waals surface area contributed by atoms with Gasteiger partial charge in [-0.2, -0.15) is 10.2 Å². The minimum absolute atomic E-state index is 0.121. The van der Waals surface area contributed by atoms with Crippen molar-refractivity contribution >= 4 is 46.2 Å². The normalized spacial score (nSPS) is 18.9. The molecule has 16 nitrogen and oxygen atoms in total. The summed E-state index contributed by atoms with van der Waals surface area (Å²) in [5, 5.41) is 26.5. The highest BCUT2D eigenvalue weighted by Crippen LogP contribution is 2.32. The van der Waals surface area contributed by atoms with Crippen LogP contribution in [0.25, 0.3) is 22.4 Å². The minimum atomic E-state index is -1.40. The van der Waals surface area contributed by atoms with Gasteiger partial charge < -0.3 is 20.0 Å². The second-order valence-electron chi connectivity index (χ2n) is 15.8. The van der Waals surface area contributed by atoms with Crippen molar-refractivity contribution in [2.24, 2.45) is 11.8 Å². The molecule has 0 saturated carbocycles. The molecule has 0 bridgehead atoms. The number of aromatic nitrogens is 10. The molecular weight excluding hydrogens is 898 g/mol. The molecule has 18 heteroatoms. The molecule has 2 fully saturated rings. The Morgan fingerprint density at radius 3 is 1.66 bits per heavy atom. The number of nitrogens with one attached hydrogen (secondary N) is 2. The van der Waals surface area contributed by atoms with Crippen molar-refractivity contribution in [1.82, 2.24) is 58.9 Å². The van der Waals surface area contributed by atoms with E-state index in [9.17, 15) is 9.59 Å². The largest absolute Gasteiger partial charge is 0.490 e. The summed E-state index contributed by atoms with van der Waals surface area (Å²) in [6, 6.07) is 28.0. The van der Waals surface area contributed by atoms with E-state index in [2.05, 4.69) is 130 Å². The first kappa shape index (κ1) is 42.8. The molecule has 2 aromatic carbocycles. The Kier molecular flexibility index (Phi) is 13.4. The number of likely N-dealkylation sites (tertiary alicyclic amines) is 2.